The SMILES string of the molecule is COc1ccc(OC)c(C(=O)N2CCCC(C(N)=O)C2)c1. The number of hydrogen-bond donors (Lipinski definition) is 1. The smallest absolute Gasteiger partial charge is 0.257 e. The number of benzene rings is 1. The fourth-order valence-corrected chi connectivity index (χ4v) is 2.55. The summed E-state index contributed by atoms with van der Waals surface area (Å²) in [6, 6.07) is 5.08. The van der Waals surface area contributed by atoms with E-state index in [0.29, 0.717) is 30.2 Å². The summed E-state index contributed by atoms with van der Waals surface area (Å²) < 4.78 is 10.4. The second kappa shape index (κ2) is 6.47. The van der Waals surface area contributed by atoms with Crippen LogP contribution in [0.15, 0.2) is 18.2 Å². The summed E-state index contributed by atoms with van der Waals surface area (Å²) in [5.41, 5.74) is 5.78. The third-order valence-corrected chi connectivity index (χ3v) is 3.75. The van der Waals surface area contributed by atoms with E-state index < -0.39 is 0 Å². The molecule has 2 N–H and O–H groups in total. The molecule has 6 heteroatoms. The number of likely N-dealkylation sites (tertiary alicyclic amines) is 1. The maximum atomic E-state index is 12.7. The lowest BCUT2D eigenvalue weighted by atomic mass is 9.97. The van der Waals surface area contributed by atoms with Gasteiger partial charge < -0.3 is 20.1 Å². The standard InChI is InChI=1S/C15H20N2O4/c1-20-11-5-6-13(21-2)12(8-11)15(19)17-7-3-4-10(9-17)14(16)18/h5-6,8,10H,3-4,7,9H2,1-2H3,(H2,16,18). The van der Waals surface area contributed by atoms with Crippen molar-refractivity contribution in [2.24, 2.45) is 11.7 Å². The van der Waals surface area contributed by atoms with E-state index in [1.807, 2.05) is 0 Å². The molecule has 1 aromatic carbocycles. The van der Waals surface area contributed by atoms with Gasteiger partial charge in [-0.15, -0.1) is 0 Å². The Morgan fingerprint density at radius 3 is 2.67 bits per heavy atom. The summed E-state index contributed by atoms with van der Waals surface area (Å²) in [5, 5.41) is 0. The van der Waals surface area contributed by atoms with E-state index in [9.17, 15) is 9.59 Å². The van der Waals surface area contributed by atoms with Gasteiger partial charge in [-0.2, -0.15) is 0 Å². The second-order valence-corrected chi connectivity index (χ2v) is 5.06. The molecule has 0 bridgehead atoms. The van der Waals surface area contributed by atoms with Gasteiger partial charge in [0.2, 0.25) is 5.91 Å². The third-order valence-electron chi connectivity index (χ3n) is 3.75. The first-order chi connectivity index (χ1) is 10.1. The van der Waals surface area contributed by atoms with Crippen LogP contribution >= 0.6 is 0 Å². The highest BCUT2D eigenvalue weighted by Gasteiger charge is 2.29. The third kappa shape index (κ3) is 3.26. The zero-order valence-corrected chi connectivity index (χ0v) is 12.3. The van der Waals surface area contributed by atoms with Crippen LogP contribution in [0, 0.1) is 5.92 Å². The fraction of sp³-hybridized carbons (Fsp3) is 0.467. The molecule has 1 unspecified atom stereocenters. The predicted molar refractivity (Wildman–Crippen MR) is 77.4 cm³/mol. The van der Waals surface area contributed by atoms with Crippen molar-refractivity contribution >= 4 is 11.8 Å². The van der Waals surface area contributed by atoms with Crippen molar-refractivity contribution in [3.05, 3.63) is 23.8 Å². The predicted octanol–water partition coefficient (Wildman–Crippen LogP) is 1.04. The van der Waals surface area contributed by atoms with Crippen LogP contribution in [0.3, 0.4) is 0 Å². The van der Waals surface area contributed by atoms with Gasteiger partial charge in [0.05, 0.1) is 25.7 Å². The van der Waals surface area contributed by atoms with Crippen molar-refractivity contribution in [2.75, 3.05) is 27.3 Å². The summed E-state index contributed by atoms with van der Waals surface area (Å²) in [6.07, 6.45) is 1.50. The Morgan fingerprint density at radius 2 is 2.05 bits per heavy atom. The second-order valence-electron chi connectivity index (χ2n) is 5.06. The van der Waals surface area contributed by atoms with E-state index in [2.05, 4.69) is 0 Å². The highest BCUT2D eigenvalue weighted by atomic mass is 16.5. The molecule has 1 aliphatic heterocycles. The molecule has 0 spiro atoms. The van der Waals surface area contributed by atoms with Crippen LogP contribution in [0.1, 0.15) is 23.2 Å². The van der Waals surface area contributed by atoms with Gasteiger partial charge >= 0.3 is 0 Å². The fourth-order valence-electron chi connectivity index (χ4n) is 2.55. The summed E-state index contributed by atoms with van der Waals surface area (Å²) >= 11 is 0. The van der Waals surface area contributed by atoms with Crippen LogP contribution in [-0.4, -0.2) is 44.0 Å². The Balaban J connectivity index is 2.24. The number of hydrogen-bond acceptors (Lipinski definition) is 4. The average molecular weight is 292 g/mol. The molecular formula is C15H20N2O4. The molecule has 0 aromatic heterocycles. The molecule has 0 saturated carbocycles. The van der Waals surface area contributed by atoms with Crippen LogP contribution in [0.25, 0.3) is 0 Å². The number of methoxy groups -OCH3 is 2. The molecule has 1 aromatic rings. The Labute approximate surface area is 123 Å². The molecule has 2 amide bonds. The van der Waals surface area contributed by atoms with Crippen LogP contribution < -0.4 is 15.2 Å². The van der Waals surface area contributed by atoms with Crippen molar-refractivity contribution in [3.8, 4) is 11.5 Å². The van der Waals surface area contributed by atoms with Gasteiger partial charge in [0.1, 0.15) is 11.5 Å². The summed E-state index contributed by atoms with van der Waals surface area (Å²) in [4.78, 5) is 25.6. The first kappa shape index (κ1) is 15.2. The Bertz CT molecular complexity index is 544. The van der Waals surface area contributed by atoms with Crippen LogP contribution in [0.5, 0.6) is 11.5 Å². The molecule has 1 heterocycles. The first-order valence-electron chi connectivity index (χ1n) is 6.87. The minimum Gasteiger partial charge on any atom is -0.497 e. The molecule has 2 rings (SSSR count). The van der Waals surface area contributed by atoms with Crippen LogP contribution in [-0.2, 0) is 4.79 Å². The monoisotopic (exact) mass is 292 g/mol. The number of piperidine rings is 1. The summed E-state index contributed by atoms with van der Waals surface area (Å²) in [5.74, 6) is 0.269. The number of rotatable bonds is 4. The van der Waals surface area contributed by atoms with Crippen molar-refractivity contribution in [1.82, 2.24) is 4.90 Å². The first-order valence-corrected chi connectivity index (χ1v) is 6.87. The molecule has 21 heavy (non-hydrogen) atoms. The number of carbonyl (C=O) groups is 2. The van der Waals surface area contributed by atoms with Gasteiger partial charge in [0.15, 0.2) is 0 Å². The molecule has 1 saturated heterocycles. The molecular weight excluding hydrogens is 272 g/mol. The molecule has 0 aliphatic carbocycles. The maximum absolute atomic E-state index is 12.7. The number of ether oxygens (including phenoxy) is 2. The molecule has 0 radical (unpaired) electrons. The maximum Gasteiger partial charge on any atom is 0.257 e. The van der Waals surface area contributed by atoms with E-state index in [1.165, 1.54) is 7.11 Å². The van der Waals surface area contributed by atoms with Crippen molar-refractivity contribution in [3.63, 3.8) is 0 Å². The van der Waals surface area contributed by atoms with Gasteiger partial charge in [-0.3, -0.25) is 9.59 Å². The van der Waals surface area contributed by atoms with Gasteiger partial charge in [0, 0.05) is 13.1 Å². The van der Waals surface area contributed by atoms with E-state index >= 15 is 0 Å². The molecule has 114 valence electrons. The Kier molecular flexibility index (Phi) is 4.67. The molecule has 6 nitrogen and oxygen atoms in total. The minimum atomic E-state index is -0.356. The summed E-state index contributed by atoms with van der Waals surface area (Å²) in [7, 11) is 3.06. The number of nitrogens with zero attached hydrogens (tertiary/aromatic N) is 1. The lowest BCUT2D eigenvalue weighted by Crippen LogP contribution is -2.44. The lowest BCUT2D eigenvalue weighted by molar-refractivity contribution is -0.123. The zero-order valence-electron chi connectivity index (χ0n) is 12.3. The zero-order chi connectivity index (χ0) is 15.4. The Morgan fingerprint density at radius 1 is 1.29 bits per heavy atom. The van der Waals surface area contributed by atoms with Crippen LogP contribution in [0.2, 0.25) is 0 Å². The number of nitrogens with two attached hydrogens (primary N) is 1. The largest absolute Gasteiger partial charge is 0.497 e. The van der Waals surface area contributed by atoms with E-state index in [1.54, 1.807) is 30.2 Å². The van der Waals surface area contributed by atoms with Crippen molar-refractivity contribution in [2.45, 2.75) is 12.8 Å². The molecule has 1 aliphatic rings. The van der Waals surface area contributed by atoms with E-state index in [4.69, 9.17) is 15.2 Å². The number of primary amides is 1. The Hall–Kier alpha value is -2.24. The quantitative estimate of drug-likeness (QED) is 0.899. The molecule has 1 fully saturated rings. The van der Waals surface area contributed by atoms with Crippen LogP contribution in [0.4, 0.5) is 0 Å². The summed E-state index contributed by atoms with van der Waals surface area (Å²) in [6.45, 7) is 0.970. The molecule has 1 atom stereocenters. The highest BCUT2D eigenvalue weighted by Crippen LogP contribution is 2.27. The van der Waals surface area contributed by atoms with Crippen molar-refractivity contribution in [1.29, 1.82) is 0 Å². The van der Waals surface area contributed by atoms with Gasteiger partial charge in [-0.25, -0.2) is 0 Å². The van der Waals surface area contributed by atoms with Crippen molar-refractivity contribution < 1.29 is 19.1 Å². The lowest BCUT2D eigenvalue weighted by Gasteiger charge is -2.31. The van der Waals surface area contributed by atoms with Gasteiger partial charge in [0.25, 0.3) is 5.91 Å². The van der Waals surface area contributed by atoms with E-state index in [-0.39, 0.29) is 17.7 Å². The van der Waals surface area contributed by atoms with E-state index in [0.717, 1.165) is 12.8 Å². The minimum absolute atomic E-state index is 0.170. The number of carbonyl (C=O) groups excluding carboxylic acids is 2. The topological polar surface area (TPSA) is 81.9 Å². The highest BCUT2D eigenvalue weighted by molar-refractivity contribution is 5.97. The number of amides is 2. The average Bonchev–Trinajstić information content (AvgIpc) is 2.53. The van der Waals surface area contributed by atoms with Gasteiger partial charge in [-0.1, -0.05) is 0 Å². The van der Waals surface area contributed by atoms with Gasteiger partial charge in [-0.05, 0) is 31.0 Å². The normalized spacial score (nSPS) is 18.2.